The summed E-state index contributed by atoms with van der Waals surface area (Å²) in [6.07, 6.45) is 0.759. The molecule has 4 N–H and O–H groups in total. The largest absolute Gasteiger partial charge is 0.457 e. The van der Waals surface area contributed by atoms with Crippen LogP contribution in [-0.2, 0) is 6.42 Å². The lowest BCUT2D eigenvalue weighted by Gasteiger charge is -2.08. The molecule has 0 amide bonds. The van der Waals surface area contributed by atoms with Gasteiger partial charge in [-0.3, -0.25) is 14.2 Å². The summed E-state index contributed by atoms with van der Waals surface area (Å²) in [6.45, 7) is 0.510. The average Bonchev–Trinajstić information content (AvgIpc) is 3.16. The van der Waals surface area contributed by atoms with Crippen molar-refractivity contribution in [2.45, 2.75) is 6.42 Å². The summed E-state index contributed by atoms with van der Waals surface area (Å²) < 4.78 is 8.54. The minimum atomic E-state index is -0.252. The number of aliphatic imine (C=N–C) groups is 1. The molecule has 0 radical (unpaired) electrons. The first-order valence-electron chi connectivity index (χ1n) is 9.85. The van der Waals surface area contributed by atoms with E-state index in [9.17, 15) is 4.79 Å². The molecule has 3 aromatic carbocycles. The van der Waals surface area contributed by atoms with E-state index in [4.69, 9.17) is 10.5 Å². The fourth-order valence-electron chi connectivity index (χ4n) is 3.01. The second-order valence-corrected chi connectivity index (χ2v) is 7.62. The number of benzene rings is 3. The van der Waals surface area contributed by atoms with Gasteiger partial charge in [0.1, 0.15) is 27.9 Å². The normalized spacial score (nSPS) is 11.3. The zero-order valence-electron chi connectivity index (χ0n) is 16.7. The Morgan fingerprint density at radius 2 is 1.58 bits per heavy atom. The van der Waals surface area contributed by atoms with Crippen LogP contribution in [0.25, 0.3) is 0 Å². The zero-order chi connectivity index (χ0) is 21.5. The molecule has 31 heavy (non-hydrogen) atoms. The van der Waals surface area contributed by atoms with Crippen LogP contribution in [0.15, 0.2) is 94.7 Å². The maximum Gasteiger partial charge on any atom is 0.271 e. The van der Waals surface area contributed by atoms with Crippen LogP contribution in [0.3, 0.4) is 0 Å². The van der Waals surface area contributed by atoms with E-state index in [1.165, 1.54) is 17.1 Å². The minimum Gasteiger partial charge on any atom is -0.457 e. The molecule has 0 saturated heterocycles. The van der Waals surface area contributed by atoms with Crippen molar-refractivity contribution in [3.05, 3.63) is 106 Å². The lowest BCUT2D eigenvalue weighted by Crippen LogP contribution is -2.22. The predicted octanol–water partition coefficient (Wildman–Crippen LogP) is 4.92. The van der Waals surface area contributed by atoms with E-state index in [0.717, 1.165) is 23.6 Å². The first kappa shape index (κ1) is 20.4. The van der Waals surface area contributed by atoms with Gasteiger partial charge in [0.25, 0.3) is 5.56 Å². The van der Waals surface area contributed by atoms with Gasteiger partial charge >= 0.3 is 0 Å². The lowest BCUT2D eigenvalue weighted by atomic mass is 10.1. The maximum absolute atomic E-state index is 12.3. The number of rotatable bonds is 8. The summed E-state index contributed by atoms with van der Waals surface area (Å²) in [5, 5.41) is 3.87. The molecule has 0 saturated carbocycles. The van der Waals surface area contributed by atoms with E-state index in [0.29, 0.717) is 17.1 Å². The van der Waals surface area contributed by atoms with Crippen LogP contribution < -0.4 is 21.3 Å². The van der Waals surface area contributed by atoms with Gasteiger partial charge in [-0.1, -0.05) is 48.5 Å². The van der Waals surface area contributed by atoms with Crippen molar-refractivity contribution >= 4 is 28.1 Å². The monoisotopic (exact) mass is 430 g/mol. The summed E-state index contributed by atoms with van der Waals surface area (Å²) in [5.41, 5.74) is 8.25. The minimum absolute atomic E-state index is 0.227. The van der Waals surface area contributed by atoms with E-state index < -0.39 is 0 Å². The van der Waals surface area contributed by atoms with Crippen LogP contribution in [-0.4, -0.2) is 16.8 Å². The number of H-pyrrole nitrogens is 1. The van der Waals surface area contributed by atoms with Gasteiger partial charge in [0, 0.05) is 12.2 Å². The Morgan fingerprint density at radius 1 is 0.935 bits per heavy atom. The molecule has 7 heteroatoms. The SMILES string of the molecule is NC(=NCCc1ccccc1)c1c(Nc2ccc(Oc3ccccc3)cc2)s[nH]c1=O. The Bertz CT molecular complexity index is 1200. The molecule has 156 valence electrons. The van der Waals surface area contributed by atoms with E-state index in [1.807, 2.05) is 84.9 Å². The number of hydrogen-bond donors (Lipinski definition) is 3. The van der Waals surface area contributed by atoms with Crippen LogP contribution in [0.2, 0.25) is 0 Å². The molecule has 0 spiro atoms. The van der Waals surface area contributed by atoms with Crippen molar-refractivity contribution < 1.29 is 4.74 Å². The van der Waals surface area contributed by atoms with Gasteiger partial charge in [-0.25, -0.2) is 0 Å². The highest BCUT2D eigenvalue weighted by Gasteiger charge is 2.14. The molecular formula is C24H22N4O2S. The van der Waals surface area contributed by atoms with Gasteiger partial charge in [-0.2, -0.15) is 0 Å². The summed E-state index contributed by atoms with van der Waals surface area (Å²) in [4.78, 5) is 16.7. The quantitative estimate of drug-likeness (QED) is 0.273. The standard InChI is InChI=1S/C24H22N4O2S/c25-22(26-16-15-17-7-3-1-4-8-17)21-23(29)28-31-24(21)27-18-11-13-20(14-12-18)30-19-9-5-2-6-10-19/h1-14,27H,15-16H2,(H2,25,26)(H,28,29). The van der Waals surface area contributed by atoms with Crippen LogP contribution in [0.5, 0.6) is 11.5 Å². The third kappa shape index (κ3) is 5.40. The molecule has 0 bridgehead atoms. The van der Waals surface area contributed by atoms with Gasteiger partial charge < -0.3 is 15.8 Å². The number of nitrogens with zero attached hydrogens (tertiary/aromatic N) is 1. The average molecular weight is 431 g/mol. The summed E-state index contributed by atoms with van der Waals surface area (Å²) in [6, 6.07) is 27.1. The predicted molar refractivity (Wildman–Crippen MR) is 127 cm³/mol. The van der Waals surface area contributed by atoms with Crippen LogP contribution in [0.1, 0.15) is 11.1 Å². The van der Waals surface area contributed by atoms with E-state index in [2.05, 4.69) is 14.7 Å². The molecule has 0 aliphatic rings. The van der Waals surface area contributed by atoms with Crippen molar-refractivity contribution in [1.29, 1.82) is 0 Å². The molecule has 4 aromatic rings. The lowest BCUT2D eigenvalue weighted by molar-refractivity contribution is 0.483. The van der Waals surface area contributed by atoms with Gasteiger partial charge in [0.05, 0.1) is 0 Å². The van der Waals surface area contributed by atoms with Crippen molar-refractivity contribution in [1.82, 2.24) is 4.37 Å². The smallest absolute Gasteiger partial charge is 0.271 e. The number of hydrogen-bond acceptors (Lipinski definition) is 5. The van der Waals surface area contributed by atoms with Gasteiger partial charge in [0.2, 0.25) is 0 Å². The molecule has 0 atom stereocenters. The fourth-order valence-corrected chi connectivity index (χ4v) is 3.78. The maximum atomic E-state index is 12.3. The number of anilines is 2. The molecule has 0 unspecified atom stereocenters. The Balaban J connectivity index is 1.43. The van der Waals surface area contributed by atoms with Crippen molar-refractivity contribution in [2.75, 3.05) is 11.9 Å². The van der Waals surface area contributed by atoms with E-state index in [1.54, 1.807) is 0 Å². The second-order valence-electron chi connectivity index (χ2n) is 6.80. The van der Waals surface area contributed by atoms with E-state index >= 15 is 0 Å². The molecule has 0 aliphatic carbocycles. The number of nitrogens with one attached hydrogen (secondary N) is 2. The Kier molecular flexibility index (Phi) is 6.44. The number of para-hydroxylation sites is 1. The fraction of sp³-hybridized carbons (Fsp3) is 0.0833. The van der Waals surface area contributed by atoms with E-state index in [-0.39, 0.29) is 11.4 Å². The van der Waals surface area contributed by atoms with Crippen LogP contribution in [0, 0.1) is 0 Å². The van der Waals surface area contributed by atoms with Gasteiger partial charge in [-0.05, 0) is 59.9 Å². The highest BCUT2D eigenvalue weighted by Crippen LogP contribution is 2.26. The molecule has 1 aromatic heterocycles. The zero-order valence-corrected chi connectivity index (χ0v) is 17.6. The molecular weight excluding hydrogens is 408 g/mol. The first-order valence-corrected chi connectivity index (χ1v) is 10.7. The molecule has 0 fully saturated rings. The summed E-state index contributed by atoms with van der Waals surface area (Å²) in [5.74, 6) is 1.72. The second kappa shape index (κ2) is 9.77. The molecule has 1 heterocycles. The number of nitrogens with two attached hydrogens (primary N) is 1. The van der Waals surface area contributed by atoms with Crippen molar-refractivity contribution in [2.24, 2.45) is 10.7 Å². The molecule has 4 rings (SSSR count). The van der Waals surface area contributed by atoms with Gasteiger partial charge in [-0.15, -0.1) is 0 Å². The summed E-state index contributed by atoms with van der Waals surface area (Å²) >= 11 is 1.20. The van der Waals surface area contributed by atoms with Gasteiger partial charge in [0.15, 0.2) is 0 Å². The molecule has 6 nitrogen and oxygen atoms in total. The number of amidine groups is 1. The Labute approximate surface area is 184 Å². The Morgan fingerprint density at radius 3 is 2.29 bits per heavy atom. The Hall–Kier alpha value is -3.84. The number of aromatic nitrogens is 1. The highest BCUT2D eigenvalue weighted by atomic mass is 32.1. The van der Waals surface area contributed by atoms with Crippen LogP contribution >= 0.6 is 11.5 Å². The number of aromatic amines is 1. The van der Waals surface area contributed by atoms with Crippen molar-refractivity contribution in [3.63, 3.8) is 0 Å². The molecule has 0 aliphatic heterocycles. The van der Waals surface area contributed by atoms with Crippen molar-refractivity contribution in [3.8, 4) is 11.5 Å². The first-order chi connectivity index (χ1) is 15.2. The topological polar surface area (TPSA) is 92.5 Å². The number of ether oxygens (including phenoxy) is 1. The highest BCUT2D eigenvalue weighted by molar-refractivity contribution is 7.10. The third-order valence-corrected chi connectivity index (χ3v) is 5.37. The summed E-state index contributed by atoms with van der Waals surface area (Å²) in [7, 11) is 0. The van der Waals surface area contributed by atoms with Crippen LogP contribution in [0.4, 0.5) is 10.7 Å². The third-order valence-electron chi connectivity index (χ3n) is 4.57.